The van der Waals surface area contributed by atoms with Gasteiger partial charge in [-0.05, 0) is 36.8 Å². The third kappa shape index (κ3) is 3.83. The number of fused-ring (bicyclic) bond motifs is 1. The number of carbonyl (C=O) groups is 1. The SMILES string of the molecule is Cc1nnc(-c2ccc3cnc(CC(=O)N4CC[C@@H](C)[C@H](F)C4)cc3c2)s1. The molecule has 0 N–H and O–H groups in total. The second kappa shape index (κ2) is 7.31. The number of hydrogen-bond acceptors (Lipinski definition) is 5. The molecular formula is C20H21FN4OS. The standard InChI is InChI=1S/C20H21FN4OS/c1-12-5-6-25(11-18(12)21)19(26)9-17-8-16-7-14(3-4-15(16)10-22-17)20-24-23-13(2)27-20/h3-4,7-8,10,12,18H,5-6,9,11H2,1-2H3/t12-,18-/m1/s1. The lowest BCUT2D eigenvalue weighted by Crippen LogP contribution is -2.44. The summed E-state index contributed by atoms with van der Waals surface area (Å²) >= 11 is 1.55. The maximum absolute atomic E-state index is 13.9. The number of amides is 1. The normalized spacial score (nSPS) is 20.2. The van der Waals surface area contributed by atoms with Crippen LogP contribution in [0.15, 0.2) is 30.5 Å². The van der Waals surface area contributed by atoms with Crippen LogP contribution in [0.1, 0.15) is 24.0 Å². The van der Waals surface area contributed by atoms with Crippen LogP contribution < -0.4 is 0 Å². The first-order valence-corrected chi connectivity index (χ1v) is 9.92. The Morgan fingerprint density at radius 2 is 2.15 bits per heavy atom. The van der Waals surface area contributed by atoms with E-state index in [0.29, 0.717) is 18.7 Å². The molecule has 0 radical (unpaired) electrons. The highest BCUT2D eigenvalue weighted by molar-refractivity contribution is 7.14. The van der Waals surface area contributed by atoms with E-state index < -0.39 is 6.17 Å². The molecular weight excluding hydrogens is 363 g/mol. The van der Waals surface area contributed by atoms with Crippen LogP contribution in [0, 0.1) is 12.8 Å². The summed E-state index contributed by atoms with van der Waals surface area (Å²) in [5, 5.41) is 12.1. The maximum Gasteiger partial charge on any atom is 0.228 e. The molecule has 5 nitrogen and oxygen atoms in total. The van der Waals surface area contributed by atoms with Crippen molar-refractivity contribution in [3.05, 3.63) is 41.2 Å². The first kappa shape index (κ1) is 18.0. The van der Waals surface area contributed by atoms with E-state index in [1.807, 2.05) is 38.1 Å². The molecule has 140 valence electrons. The molecule has 2 aromatic heterocycles. The largest absolute Gasteiger partial charge is 0.339 e. The van der Waals surface area contributed by atoms with E-state index in [0.717, 1.165) is 26.4 Å². The number of pyridine rings is 1. The fourth-order valence-corrected chi connectivity index (χ4v) is 4.03. The Balaban J connectivity index is 1.54. The molecule has 27 heavy (non-hydrogen) atoms. The van der Waals surface area contributed by atoms with Crippen LogP contribution in [-0.2, 0) is 11.2 Å². The zero-order valence-electron chi connectivity index (χ0n) is 15.4. The van der Waals surface area contributed by atoms with Gasteiger partial charge in [-0.2, -0.15) is 0 Å². The Hall–Kier alpha value is -2.41. The molecule has 3 heterocycles. The van der Waals surface area contributed by atoms with E-state index in [4.69, 9.17) is 0 Å². The first-order valence-electron chi connectivity index (χ1n) is 9.10. The summed E-state index contributed by atoms with van der Waals surface area (Å²) in [5.41, 5.74) is 1.70. The summed E-state index contributed by atoms with van der Waals surface area (Å²) < 4.78 is 13.9. The molecule has 7 heteroatoms. The Bertz CT molecular complexity index is 989. The summed E-state index contributed by atoms with van der Waals surface area (Å²) in [4.78, 5) is 18.6. The van der Waals surface area contributed by atoms with Crippen molar-refractivity contribution in [1.82, 2.24) is 20.1 Å². The molecule has 0 bridgehead atoms. The minimum atomic E-state index is -0.940. The molecule has 0 spiro atoms. The van der Waals surface area contributed by atoms with Crippen LogP contribution in [0.2, 0.25) is 0 Å². The third-order valence-corrected chi connectivity index (χ3v) is 5.99. The van der Waals surface area contributed by atoms with Crippen LogP contribution in [0.4, 0.5) is 4.39 Å². The third-order valence-electron chi connectivity index (χ3n) is 5.10. The molecule has 3 aromatic rings. The Labute approximate surface area is 161 Å². The zero-order valence-corrected chi connectivity index (χ0v) is 16.2. The van der Waals surface area contributed by atoms with Crippen LogP contribution in [-0.4, -0.2) is 45.2 Å². The van der Waals surface area contributed by atoms with Gasteiger partial charge in [-0.25, -0.2) is 4.39 Å². The van der Waals surface area contributed by atoms with E-state index in [1.165, 1.54) is 0 Å². The lowest BCUT2D eigenvalue weighted by atomic mass is 9.97. The highest BCUT2D eigenvalue weighted by Crippen LogP contribution is 2.27. The number of alkyl halides is 1. The van der Waals surface area contributed by atoms with Crippen LogP contribution >= 0.6 is 11.3 Å². The molecule has 1 aliphatic rings. The topological polar surface area (TPSA) is 59.0 Å². The van der Waals surface area contributed by atoms with Crippen molar-refractivity contribution in [2.45, 2.75) is 32.9 Å². The number of halogens is 1. The maximum atomic E-state index is 13.9. The van der Waals surface area contributed by atoms with Gasteiger partial charge in [0.1, 0.15) is 16.2 Å². The van der Waals surface area contributed by atoms with Crippen molar-refractivity contribution in [2.24, 2.45) is 5.92 Å². The second-order valence-electron chi connectivity index (χ2n) is 7.16. The highest BCUT2D eigenvalue weighted by Gasteiger charge is 2.28. The number of rotatable bonds is 3. The van der Waals surface area contributed by atoms with Gasteiger partial charge in [0.15, 0.2) is 0 Å². The summed E-state index contributed by atoms with van der Waals surface area (Å²) in [5.74, 6) is -0.0393. The van der Waals surface area contributed by atoms with E-state index >= 15 is 0 Å². The Kier molecular flexibility index (Phi) is 4.86. The van der Waals surface area contributed by atoms with Crippen LogP contribution in [0.25, 0.3) is 21.3 Å². The second-order valence-corrected chi connectivity index (χ2v) is 8.34. The average molecular weight is 384 g/mol. The molecule has 2 atom stereocenters. The number of nitrogens with zero attached hydrogens (tertiary/aromatic N) is 4. The van der Waals surface area contributed by atoms with Gasteiger partial charge in [0, 0.05) is 23.7 Å². The molecule has 1 fully saturated rings. The van der Waals surface area contributed by atoms with Gasteiger partial charge in [-0.15, -0.1) is 10.2 Å². The predicted molar refractivity (Wildman–Crippen MR) is 104 cm³/mol. The number of aryl methyl sites for hydroxylation is 1. The van der Waals surface area contributed by atoms with Gasteiger partial charge >= 0.3 is 0 Å². The first-order chi connectivity index (χ1) is 13.0. The minimum absolute atomic E-state index is 0.0234. The summed E-state index contributed by atoms with van der Waals surface area (Å²) in [6, 6.07) is 7.99. The van der Waals surface area contributed by atoms with Crippen molar-refractivity contribution in [1.29, 1.82) is 0 Å². The zero-order chi connectivity index (χ0) is 19.0. The van der Waals surface area contributed by atoms with Crippen molar-refractivity contribution in [2.75, 3.05) is 13.1 Å². The molecule has 1 aliphatic heterocycles. The van der Waals surface area contributed by atoms with Crippen LogP contribution in [0.3, 0.4) is 0 Å². The molecule has 0 unspecified atom stereocenters. The number of piperidine rings is 1. The van der Waals surface area contributed by atoms with E-state index in [1.54, 1.807) is 22.4 Å². The Morgan fingerprint density at radius 3 is 2.89 bits per heavy atom. The molecule has 4 rings (SSSR count). The quantitative estimate of drug-likeness (QED) is 0.689. The van der Waals surface area contributed by atoms with Gasteiger partial charge in [-0.3, -0.25) is 9.78 Å². The van der Waals surface area contributed by atoms with Crippen molar-refractivity contribution in [3.8, 4) is 10.6 Å². The van der Waals surface area contributed by atoms with E-state index in [9.17, 15) is 9.18 Å². The van der Waals surface area contributed by atoms with Crippen LogP contribution in [0.5, 0.6) is 0 Å². The lowest BCUT2D eigenvalue weighted by Gasteiger charge is -2.33. The van der Waals surface area contributed by atoms with Crippen molar-refractivity contribution < 1.29 is 9.18 Å². The number of aromatic nitrogens is 3. The number of likely N-dealkylation sites (tertiary alicyclic amines) is 1. The molecule has 1 amide bonds. The smallest absolute Gasteiger partial charge is 0.228 e. The minimum Gasteiger partial charge on any atom is -0.339 e. The fourth-order valence-electron chi connectivity index (χ4n) is 3.34. The lowest BCUT2D eigenvalue weighted by molar-refractivity contribution is -0.133. The molecule has 0 aliphatic carbocycles. The molecule has 0 saturated carbocycles. The number of carbonyl (C=O) groups excluding carboxylic acids is 1. The summed E-state index contributed by atoms with van der Waals surface area (Å²) in [7, 11) is 0. The van der Waals surface area contributed by atoms with Crippen molar-refractivity contribution in [3.63, 3.8) is 0 Å². The van der Waals surface area contributed by atoms with Gasteiger partial charge < -0.3 is 4.90 Å². The number of hydrogen-bond donors (Lipinski definition) is 0. The van der Waals surface area contributed by atoms with Gasteiger partial charge in [-0.1, -0.05) is 30.4 Å². The summed E-state index contributed by atoms with van der Waals surface area (Å²) in [6.07, 6.45) is 1.75. The summed E-state index contributed by atoms with van der Waals surface area (Å²) in [6.45, 7) is 4.64. The monoisotopic (exact) mass is 384 g/mol. The average Bonchev–Trinajstić information content (AvgIpc) is 3.09. The molecule has 1 aromatic carbocycles. The van der Waals surface area contributed by atoms with Gasteiger partial charge in [0.25, 0.3) is 0 Å². The number of benzene rings is 1. The van der Waals surface area contributed by atoms with Crippen molar-refractivity contribution >= 4 is 28.0 Å². The van der Waals surface area contributed by atoms with E-state index in [-0.39, 0.29) is 24.8 Å². The van der Waals surface area contributed by atoms with Gasteiger partial charge in [0.05, 0.1) is 18.7 Å². The highest BCUT2D eigenvalue weighted by atomic mass is 32.1. The fraction of sp³-hybridized carbons (Fsp3) is 0.400. The van der Waals surface area contributed by atoms with E-state index in [2.05, 4.69) is 15.2 Å². The molecule has 1 saturated heterocycles. The van der Waals surface area contributed by atoms with Gasteiger partial charge in [0.2, 0.25) is 5.91 Å². The Morgan fingerprint density at radius 1 is 1.30 bits per heavy atom. The predicted octanol–water partition coefficient (Wildman–Crippen LogP) is 3.81.